The van der Waals surface area contributed by atoms with Crippen molar-refractivity contribution in [2.24, 2.45) is 0 Å². The van der Waals surface area contributed by atoms with Crippen molar-refractivity contribution in [3.05, 3.63) is 312 Å². The van der Waals surface area contributed by atoms with Gasteiger partial charge < -0.3 is 9.80 Å². The Morgan fingerprint density at radius 3 is 1.51 bits per heavy atom. The fraction of sp³-hybridized carbons (Fsp3) is 0.105. The molecule has 0 saturated heterocycles. The van der Waals surface area contributed by atoms with Crippen LogP contribution in [0.1, 0.15) is 73.9 Å². The molecule has 11 aromatic carbocycles. The van der Waals surface area contributed by atoms with Crippen LogP contribution in [0.2, 0.25) is 0 Å². The highest BCUT2D eigenvalue weighted by atomic mass is 15.2. The molecule has 0 amide bonds. The van der Waals surface area contributed by atoms with Gasteiger partial charge in [0.05, 0.1) is 11.1 Å². The highest BCUT2D eigenvalue weighted by Gasteiger charge is 2.52. The number of anilines is 5. The Bertz CT molecular complexity index is 4030. The van der Waals surface area contributed by atoms with Gasteiger partial charge in [-0.25, -0.2) is 0 Å². The molecule has 3 aliphatic heterocycles. The molecule has 2 nitrogen and oxygen atoms in total. The van der Waals surface area contributed by atoms with Crippen molar-refractivity contribution in [1.29, 1.82) is 0 Å². The maximum Gasteiger partial charge on any atom is 0.247 e. The Morgan fingerprint density at radius 2 is 0.937 bits per heavy atom. The lowest BCUT2D eigenvalue weighted by molar-refractivity contribution is 0.589. The molecule has 14 rings (SSSR count). The van der Waals surface area contributed by atoms with E-state index in [1.807, 2.05) is 0 Å². The van der Waals surface area contributed by atoms with Gasteiger partial charge in [0.2, 0.25) is 6.71 Å². The summed E-state index contributed by atoms with van der Waals surface area (Å²) in [6.07, 6.45) is 2.46. The van der Waals surface area contributed by atoms with Crippen LogP contribution in [0.3, 0.4) is 0 Å². The molecule has 3 aliphatic rings. The van der Waals surface area contributed by atoms with E-state index < -0.39 is 5.41 Å². The molecule has 1 unspecified atom stereocenters. The van der Waals surface area contributed by atoms with Crippen LogP contribution >= 0.6 is 0 Å². The maximum atomic E-state index is 2.66. The third-order valence-electron chi connectivity index (χ3n) is 17.2. The minimum atomic E-state index is -0.778. The first-order valence-electron chi connectivity index (χ1n) is 28.0. The van der Waals surface area contributed by atoms with Crippen LogP contribution in [0.25, 0.3) is 44.5 Å². The summed E-state index contributed by atoms with van der Waals surface area (Å²) in [4.78, 5) is 5.18. The van der Waals surface area contributed by atoms with Gasteiger partial charge in [0, 0.05) is 45.5 Å². The van der Waals surface area contributed by atoms with Gasteiger partial charge in [0.25, 0.3) is 0 Å². The van der Waals surface area contributed by atoms with Crippen molar-refractivity contribution < 1.29 is 0 Å². The fourth-order valence-corrected chi connectivity index (χ4v) is 13.6. The lowest BCUT2D eigenvalue weighted by Gasteiger charge is -2.49. The van der Waals surface area contributed by atoms with Crippen molar-refractivity contribution in [3.8, 4) is 44.5 Å². The minimum absolute atomic E-state index is 0.0242. The van der Waals surface area contributed by atoms with Crippen LogP contribution in [0, 0.1) is 0 Å². The Morgan fingerprint density at radius 1 is 0.405 bits per heavy atom. The van der Waals surface area contributed by atoms with Gasteiger partial charge in [-0.1, -0.05) is 270 Å². The molecule has 0 fully saturated rings. The van der Waals surface area contributed by atoms with E-state index in [1.54, 1.807) is 0 Å². The summed E-state index contributed by atoms with van der Waals surface area (Å²) in [6, 6.07) is 101. The molecule has 0 radical (unpaired) electrons. The Kier molecular flexibility index (Phi) is 11.6. The lowest BCUT2D eigenvalue weighted by Crippen LogP contribution is -2.65. The summed E-state index contributed by atoms with van der Waals surface area (Å²) >= 11 is 0. The zero-order chi connectivity index (χ0) is 53.4. The number of allylic oxidation sites excluding steroid dienone is 2. The number of nitrogens with zero attached hydrogens (tertiary/aromatic N) is 2. The van der Waals surface area contributed by atoms with Crippen LogP contribution in [-0.4, -0.2) is 6.71 Å². The van der Waals surface area contributed by atoms with Gasteiger partial charge in [-0.15, -0.1) is 0 Å². The Balaban J connectivity index is 1.15. The quantitative estimate of drug-likeness (QED) is 0.140. The van der Waals surface area contributed by atoms with Gasteiger partial charge >= 0.3 is 0 Å². The first-order chi connectivity index (χ1) is 38.7. The Labute approximate surface area is 466 Å². The first-order valence-corrected chi connectivity index (χ1v) is 28.0. The van der Waals surface area contributed by atoms with E-state index >= 15 is 0 Å². The molecule has 0 spiro atoms. The van der Waals surface area contributed by atoms with Crippen molar-refractivity contribution in [3.63, 3.8) is 0 Å². The number of hydrogen-bond acceptors (Lipinski definition) is 2. The summed E-state index contributed by atoms with van der Waals surface area (Å²) < 4.78 is 0. The summed E-state index contributed by atoms with van der Waals surface area (Å²) in [7, 11) is 0. The van der Waals surface area contributed by atoms with Crippen molar-refractivity contribution >= 4 is 51.5 Å². The second-order valence-corrected chi connectivity index (χ2v) is 22.9. The van der Waals surface area contributed by atoms with Crippen molar-refractivity contribution in [2.45, 2.75) is 51.4 Å². The SMILES string of the molecule is CC1=CC(C)c2cc(C(C)(C)C)ccc2N1c1ccc2c(c1)C(c1ccccc1)(c1ccccc1)c1cc(-c3ccccc3)cc3c1B2c1cc(-c2ccccc2)ccc1N3c1c(-c2ccccc2)cccc1-c1ccccc1. The average Bonchev–Trinajstić information content (AvgIpc) is 2.44. The fourth-order valence-electron chi connectivity index (χ4n) is 13.6. The predicted molar refractivity (Wildman–Crippen MR) is 335 cm³/mol. The highest BCUT2D eigenvalue weighted by Crippen LogP contribution is 2.54. The lowest BCUT2D eigenvalue weighted by atomic mass is 9.29. The average molecular weight is 1010 g/mol. The summed E-state index contributed by atoms with van der Waals surface area (Å²) in [5.41, 5.74) is 27.4. The van der Waals surface area contributed by atoms with Crippen LogP contribution < -0.4 is 26.2 Å². The molecule has 378 valence electrons. The summed E-state index contributed by atoms with van der Waals surface area (Å²) in [6.45, 7) is 11.5. The number of fused-ring (bicyclic) bond motifs is 5. The van der Waals surface area contributed by atoms with Crippen LogP contribution in [0.15, 0.2) is 279 Å². The normalized spacial score (nSPS) is 14.9. The molecule has 0 saturated carbocycles. The van der Waals surface area contributed by atoms with Crippen molar-refractivity contribution in [1.82, 2.24) is 0 Å². The zero-order valence-electron chi connectivity index (χ0n) is 45.5. The monoisotopic (exact) mass is 1010 g/mol. The smallest absolute Gasteiger partial charge is 0.247 e. The molecule has 3 heteroatoms. The topological polar surface area (TPSA) is 6.48 Å². The van der Waals surface area contributed by atoms with Gasteiger partial charge in [-0.3, -0.25) is 0 Å². The molecule has 0 aromatic heterocycles. The highest BCUT2D eigenvalue weighted by molar-refractivity contribution is 6.99. The standard InChI is InChI=1S/C76H61BN2/c1-51-45-52(2)78(70-44-40-61(49-65(51)70)75(3,4)5)62-41-42-68-66(50-62)76(59-33-20-10-21-34-59,60-35-22-11-23-36-60)67-46-58(54-27-14-7-15-28-54)48-72-73(67)77(68)69-47-57(53-25-12-6-13-26-53)39-43-71(69)79(72)74-63(55-29-16-8-17-30-55)37-24-38-64(74)56-31-18-9-19-32-56/h6-51H,1-5H3. The van der Waals surface area contributed by atoms with E-state index in [1.165, 1.54) is 117 Å². The van der Waals surface area contributed by atoms with Gasteiger partial charge in [0.15, 0.2) is 0 Å². The van der Waals surface area contributed by atoms with E-state index in [-0.39, 0.29) is 18.0 Å². The molecule has 79 heavy (non-hydrogen) atoms. The summed E-state index contributed by atoms with van der Waals surface area (Å²) in [5, 5.41) is 0. The van der Waals surface area contributed by atoms with E-state index in [4.69, 9.17) is 0 Å². The number of hydrogen-bond donors (Lipinski definition) is 0. The molecule has 0 aliphatic carbocycles. The molecule has 0 bridgehead atoms. The van der Waals surface area contributed by atoms with E-state index in [9.17, 15) is 0 Å². The summed E-state index contributed by atoms with van der Waals surface area (Å²) in [5.74, 6) is 0.274. The molecule has 11 aromatic rings. The molecular weight excluding hydrogens is 952 g/mol. The largest absolute Gasteiger partial charge is 0.315 e. The molecule has 0 N–H and O–H groups in total. The van der Waals surface area contributed by atoms with Crippen LogP contribution in [0.5, 0.6) is 0 Å². The second kappa shape index (κ2) is 19.1. The molecule has 1 atom stereocenters. The molecule has 3 heterocycles. The zero-order valence-corrected chi connectivity index (χ0v) is 45.5. The predicted octanol–water partition coefficient (Wildman–Crippen LogP) is 17.8. The van der Waals surface area contributed by atoms with Gasteiger partial charge in [0.1, 0.15) is 0 Å². The third kappa shape index (κ3) is 7.85. The van der Waals surface area contributed by atoms with E-state index in [0.717, 1.165) is 11.4 Å². The minimum Gasteiger partial charge on any atom is -0.315 e. The van der Waals surface area contributed by atoms with Crippen LogP contribution in [0.4, 0.5) is 28.4 Å². The van der Waals surface area contributed by atoms with E-state index in [0.29, 0.717) is 0 Å². The van der Waals surface area contributed by atoms with Gasteiger partial charge in [-0.05, 0) is 126 Å². The van der Waals surface area contributed by atoms with Crippen molar-refractivity contribution in [2.75, 3.05) is 9.80 Å². The Hall–Kier alpha value is -9.18. The van der Waals surface area contributed by atoms with Gasteiger partial charge in [-0.2, -0.15) is 0 Å². The van der Waals surface area contributed by atoms with Crippen LogP contribution in [-0.2, 0) is 10.8 Å². The van der Waals surface area contributed by atoms with E-state index in [2.05, 4.69) is 317 Å². The number of rotatable bonds is 8. The third-order valence-corrected chi connectivity index (χ3v) is 17.2. The molecular formula is C76H61BN2. The maximum absolute atomic E-state index is 2.66. The first kappa shape index (κ1) is 48.2. The number of para-hydroxylation sites is 1. The number of benzene rings is 11. The second-order valence-electron chi connectivity index (χ2n) is 22.9.